The second kappa shape index (κ2) is 6.36. The lowest BCUT2D eigenvalue weighted by molar-refractivity contribution is 0.271. The van der Waals surface area contributed by atoms with Crippen LogP contribution < -0.4 is 5.32 Å². The van der Waals surface area contributed by atoms with Gasteiger partial charge in [-0.3, -0.25) is 4.90 Å². The van der Waals surface area contributed by atoms with Crippen LogP contribution in [0.5, 0.6) is 0 Å². The van der Waals surface area contributed by atoms with Gasteiger partial charge in [0.25, 0.3) is 0 Å². The summed E-state index contributed by atoms with van der Waals surface area (Å²) in [4.78, 5) is 11.1. The third-order valence-corrected chi connectivity index (χ3v) is 4.16. The molecule has 21 heavy (non-hydrogen) atoms. The van der Waals surface area contributed by atoms with Gasteiger partial charge in [-0.15, -0.1) is 0 Å². The zero-order chi connectivity index (χ0) is 14.7. The number of aliphatic hydroxyl groups excluding tert-OH is 1. The van der Waals surface area contributed by atoms with Crippen molar-refractivity contribution < 1.29 is 5.11 Å². The highest BCUT2D eigenvalue weighted by atomic mass is 16.3. The molecule has 3 heterocycles. The number of likely N-dealkylation sites (N-methyl/N-ethyl adjacent to an activating group) is 1. The van der Waals surface area contributed by atoms with Crippen LogP contribution in [0.25, 0.3) is 11.0 Å². The molecule has 0 amide bonds. The van der Waals surface area contributed by atoms with Gasteiger partial charge in [-0.2, -0.15) is 5.10 Å². The summed E-state index contributed by atoms with van der Waals surface area (Å²) >= 11 is 0. The van der Waals surface area contributed by atoms with Gasteiger partial charge in [-0.25, -0.2) is 14.6 Å². The van der Waals surface area contributed by atoms with Crippen molar-refractivity contribution in [2.24, 2.45) is 0 Å². The quantitative estimate of drug-likeness (QED) is 0.816. The molecular weight excluding hydrogens is 268 g/mol. The van der Waals surface area contributed by atoms with E-state index in [9.17, 15) is 0 Å². The fourth-order valence-electron chi connectivity index (χ4n) is 3.05. The Morgan fingerprint density at radius 3 is 3.14 bits per heavy atom. The molecule has 1 saturated heterocycles. The molecule has 2 aromatic rings. The minimum atomic E-state index is 0.0527. The SMILES string of the molecule is CCN1CCCC1CNc1ncnc2c1cnn2CCO. The van der Waals surface area contributed by atoms with Crippen molar-refractivity contribution in [3.05, 3.63) is 12.5 Å². The highest BCUT2D eigenvalue weighted by Crippen LogP contribution is 2.21. The lowest BCUT2D eigenvalue weighted by Crippen LogP contribution is -2.34. The molecule has 0 radical (unpaired) electrons. The third kappa shape index (κ3) is 2.84. The standard InChI is InChI=1S/C14H22N6O/c1-2-19-5-3-4-11(19)8-15-13-12-9-18-20(6-7-21)14(12)17-10-16-13/h9-11,21H,2-8H2,1H3,(H,15,16,17). The number of rotatable bonds is 6. The molecule has 7 nitrogen and oxygen atoms in total. The van der Waals surface area contributed by atoms with Crippen molar-refractivity contribution in [2.75, 3.05) is 31.6 Å². The first-order chi connectivity index (χ1) is 10.3. The number of fused-ring (bicyclic) bond motifs is 1. The number of likely N-dealkylation sites (tertiary alicyclic amines) is 1. The summed E-state index contributed by atoms with van der Waals surface area (Å²) in [5, 5.41) is 17.7. The lowest BCUT2D eigenvalue weighted by atomic mass is 10.2. The van der Waals surface area contributed by atoms with Crippen LogP contribution >= 0.6 is 0 Å². The van der Waals surface area contributed by atoms with Crippen molar-refractivity contribution in [1.82, 2.24) is 24.6 Å². The van der Waals surface area contributed by atoms with Gasteiger partial charge < -0.3 is 10.4 Å². The van der Waals surface area contributed by atoms with E-state index in [4.69, 9.17) is 5.11 Å². The fourth-order valence-corrected chi connectivity index (χ4v) is 3.05. The van der Waals surface area contributed by atoms with Crippen LogP contribution in [0.15, 0.2) is 12.5 Å². The Morgan fingerprint density at radius 2 is 2.33 bits per heavy atom. The third-order valence-electron chi connectivity index (χ3n) is 4.16. The predicted molar refractivity (Wildman–Crippen MR) is 81.2 cm³/mol. The molecule has 1 atom stereocenters. The average Bonchev–Trinajstić information content (AvgIpc) is 3.12. The molecular formula is C14H22N6O. The Kier molecular flexibility index (Phi) is 4.31. The van der Waals surface area contributed by atoms with Gasteiger partial charge >= 0.3 is 0 Å². The molecule has 2 aromatic heterocycles. The van der Waals surface area contributed by atoms with Crippen LogP contribution in [0.3, 0.4) is 0 Å². The van der Waals surface area contributed by atoms with Gasteiger partial charge in [0.15, 0.2) is 5.65 Å². The molecule has 0 spiro atoms. The number of hydrogen-bond acceptors (Lipinski definition) is 6. The number of nitrogens with zero attached hydrogens (tertiary/aromatic N) is 5. The molecule has 7 heteroatoms. The summed E-state index contributed by atoms with van der Waals surface area (Å²) in [6, 6.07) is 0.576. The Bertz CT molecular complexity index is 598. The Morgan fingerprint density at radius 1 is 1.43 bits per heavy atom. The van der Waals surface area contributed by atoms with Crippen molar-refractivity contribution in [3.63, 3.8) is 0 Å². The lowest BCUT2D eigenvalue weighted by Gasteiger charge is -2.23. The minimum absolute atomic E-state index is 0.0527. The summed E-state index contributed by atoms with van der Waals surface area (Å²) in [6.45, 7) is 5.89. The molecule has 3 rings (SSSR count). The number of anilines is 1. The number of aromatic nitrogens is 4. The number of hydrogen-bond donors (Lipinski definition) is 2. The normalized spacial score (nSPS) is 19.4. The van der Waals surface area contributed by atoms with Crippen LogP contribution in [0.1, 0.15) is 19.8 Å². The van der Waals surface area contributed by atoms with Crippen molar-refractivity contribution >= 4 is 16.9 Å². The van der Waals surface area contributed by atoms with E-state index in [0.29, 0.717) is 12.6 Å². The maximum Gasteiger partial charge on any atom is 0.163 e. The molecule has 0 saturated carbocycles. The van der Waals surface area contributed by atoms with Crippen LogP contribution in [0, 0.1) is 0 Å². The number of aliphatic hydroxyl groups is 1. The van der Waals surface area contributed by atoms with E-state index in [-0.39, 0.29) is 6.61 Å². The molecule has 1 aliphatic rings. The van der Waals surface area contributed by atoms with E-state index in [1.807, 2.05) is 0 Å². The highest BCUT2D eigenvalue weighted by molar-refractivity contribution is 5.86. The zero-order valence-electron chi connectivity index (χ0n) is 12.4. The van der Waals surface area contributed by atoms with E-state index in [0.717, 1.165) is 29.9 Å². The van der Waals surface area contributed by atoms with Gasteiger partial charge in [-0.1, -0.05) is 6.92 Å². The van der Waals surface area contributed by atoms with Crippen molar-refractivity contribution in [2.45, 2.75) is 32.4 Å². The van der Waals surface area contributed by atoms with Gasteiger partial charge in [0.2, 0.25) is 0 Å². The molecule has 0 aliphatic carbocycles. The Balaban J connectivity index is 1.75. The Hall–Kier alpha value is -1.73. The summed E-state index contributed by atoms with van der Waals surface area (Å²) in [6.07, 6.45) is 5.82. The molecule has 1 aliphatic heterocycles. The largest absolute Gasteiger partial charge is 0.394 e. The smallest absolute Gasteiger partial charge is 0.163 e. The second-order valence-electron chi connectivity index (χ2n) is 5.36. The molecule has 114 valence electrons. The van der Waals surface area contributed by atoms with E-state index in [1.165, 1.54) is 19.4 Å². The van der Waals surface area contributed by atoms with E-state index >= 15 is 0 Å². The topological polar surface area (TPSA) is 79.1 Å². The van der Waals surface area contributed by atoms with E-state index < -0.39 is 0 Å². The maximum absolute atomic E-state index is 9.04. The van der Waals surface area contributed by atoms with Gasteiger partial charge in [0, 0.05) is 12.6 Å². The number of nitrogens with one attached hydrogen (secondary N) is 1. The predicted octanol–water partition coefficient (Wildman–Crippen LogP) is 0.715. The van der Waals surface area contributed by atoms with Crippen molar-refractivity contribution in [3.8, 4) is 0 Å². The van der Waals surface area contributed by atoms with Gasteiger partial charge in [0.05, 0.1) is 24.7 Å². The first-order valence-electron chi connectivity index (χ1n) is 7.58. The minimum Gasteiger partial charge on any atom is -0.394 e. The summed E-state index contributed by atoms with van der Waals surface area (Å²) < 4.78 is 1.70. The van der Waals surface area contributed by atoms with Crippen molar-refractivity contribution in [1.29, 1.82) is 0 Å². The first kappa shape index (κ1) is 14.2. The maximum atomic E-state index is 9.04. The van der Waals surface area contributed by atoms with Crippen LogP contribution in [0.2, 0.25) is 0 Å². The zero-order valence-corrected chi connectivity index (χ0v) is 12.4. The first-order valence-corrected chi connectivity index (χ1v) is 7.58. The van der Waals surface area contributed by atoms with Crippen LogP contribution in [0.4, 0.5) is 5.82 Å². The van der Waals surface area contributed by atoms with Crippen LogP contribution in [-0.2, 0) is 6.54 Å². The van der Waals surface area contributed by atoms with Gasteiger partial charge in [0.1, 0.15) is 12.1 Å². The fraction of sp³-hybridized carbons (Fsp3) is 0.643. The van der Waals surface area contributed by atoms with Gasteiger partial charge in [-0.05, 0) is 25.9 Å². The van der Waals surface area contributed by atoms with E-state index in [2.05, 4.69) is 32.2 Å². The molecule has 0 aromatic carbocycles. The van der Waals surface area contributed by atoms with Crippen LogP contribution in [-0.4, -0.2) is 62.0 Å². The molecule has 0 bridgehead atoms. The summed E-state index contributed by atoms with van der Waals surface area (Å²) in [5.74, 6) is 0.826. The summed E-state index contributed by atoms with van der Waals surface area (Å²) in [5.41, 5.74) is 0.764. The molecule has 2 N–H and O–H groups in total. The van der Waals surface area contributed by atoms with E-state index in [1.54, 1.807) is 17.2 Å². The summed E-state index contributed by atoms with van der Waals surface area (Å²) in [7, 11) is 0. The molecule has 1 unspecified atom stereocenters. The highest BCUT2D eigenvalue weighted by Gasteiger charge is 2.23. The Labute approximate surface area is 124 Å². The average molecular weight is 290 g/mol. The molecule has 1 fully saturated rings. The second-order valence-corrected chi connectivity index (χ2v) is 5.36. The monoisotopic (exact) mass is 290 g/mol.